The van der Waals surface area contributed by atoms with E-state index in [1.165, 1.54) is 4.68 Å². The minimum atomic E-state index is -0.354. The maximum Gasteiger partial charge on any atom is 0.364 e. The van der Waals surface area contributed by atoms with Crippen LogP contribution in [0, 0.1) is 0 Å². The van der Waals surface area contributed by atoms with Crippen molar-refractivity contribution in [1.29, 1.82) is 0 Å². The molecule has 1 aliphatic carbocycles. The molecular weight excluding hydrogens is 353 g/mol. The SMILES string of the molecule is CC.O=C(Cn1nnn(C2CC2)c1=O)NCc1ccc(Cl)c(Cl)c1. The van der Waals surface area contributed by atoms with Crippen LogP contribution in [-0.4, -0.2) is 25.7 Å². The molecule has 0 bridgehead atoms. The number of aromatic nitrogens is 4. The predicted molar refractivity (Wildman–Crippen MR) is 92.2 cm³/mol. The molecule has 130 valence electrons. The highest BCUT2D eigenvalue weighted by molar-refractivity contribution is 6.42. The summed E-state index contributed by atoms with van der Waals surface area (Å²) >= 11 is 11.7. The van der Waals surface area contributed by atoms with E-state index >= 15 is 0 Å². The molecule has 1 aromatic carbocycles. The number of rotatable bonds is 5. The number of nitrogens with zero attached hydrogens (tertiary/aromatic N) is 4. The zero-order valence-electron chi connectivity index (χ0n) is 13.5. The Hall–Kier alpha value is -1.86. The molecule has 7 nitrogen and oxygen atoms in total. The van der Waals surface area contributed by atoms with Gasteiger partial charge in [-0.15, -0.1) is 0 Å². The summed E-state index contributed by atoms with van der Waals surface area (Å²) in [6, 6.07) is 5.25. The van der Waals surface area contributed by atoms with E-state index in [0.717, 1.165) is 23.1 Å². The second-order valence-electron chi connectivity index (χ2n) is 5.12. The average molecular weight is 372 g/mol. The first-order valence-electron chi connectivity index (χ1n) is 7.77. The molecule has 2 aromatic rings. The molecular formula is C15H19Cl2N5O2. The molecule has 1 heterocycles. The van der Waals surface area contributed by atoms with E-state index in [1.54, 1.807) is 18.2 Å². The number of halogens is 2. The van der Waals surface area contributed by atoms with E-state index in [4.69, 9.17) is 23.2 Å². The van der Waals surface area contributed by atoms with Gasteiger partial charge in [0, 0.05) is 6.54 Å². The van der Waals surface area contributed by atoms with Crippen LogP contribution in [0.15, 0.2) is 23.0 Å². The Balaban J connectivity index is 0.00000100. The van der Waals surface area contributed by atoms with Gasteiger partial charge in [-0.1, -0.05) is 43.1 Å². The maximum absolute atomic E-state index is 11.9. The first-order valence-corrected chi connectivity index (χ1v) is 8.53. The first-order chi connectivity index (χ1) is 11.5. The maximum atomic E-state index is 11.9. The fraction of sp³-hybridized carbons (Fsp3) is 0.467. The number of hydrogen-bond donors (Lipinski definition) is 1. The van der Waals surface area contributed by atoms with Gasteiger partial charge in [0.1, 0.15) is 6.54 Å². The standard InChI is InChI=1S/C13H13Cl2N5O2.C2H6/c14-10-4-1-8(5-11(10)15)6-16-12(21)7-19-13(22)20(18-17-19)9-2-3-9;1-2/h1,4-5,9H,2-3,6-7H2,(H,16,21);1-2H3. The van der Waals surface area contributed by atoms with Gasteiger partial charge in [0.05, 0.1) is 16.1 Å². The molecule has 9 heteroatoms. The predicted octanol–water partition coefficient (Wildman–Crippen LogP) is 2.42. The zero-order chi connectivity index (χ0) is 17.7. The lowest BCUT2D eigenvalue weighted by Gasteiger charge is -2.05. The molecule has 24 heavy (non-hydrogen) atoms. The number of benzene rings is 1. The summed E-state index contributed by atoms with van der Waals surface area (Å²) in [5, 5.41) is 11.1. The normalized spacial score (nSPS) is 13.2. The van der Waals surface area contributed by atoms with Crippen molar-refractivity contribution in [2.45, 2.75) is 45.8 Å². The quantitative estimate of drug-likeness (QED) is 0.874. The Kier molecular flexibility index (Phi) is 6.39. The Morgan fingerprint density at radius 1 is 1.25 bits per heavy atom. The van der Waals surface area contributed by atoms with E-state index in [2.05, 4.69) is 15.7 Å². The van der Waals surface area contributed by atoms with Gasteiger partial charge in [0.15, 0.2) is 0 Å². The summed E-state index contributed by atoms with van der Waals surface area (Å²) in [5.74, 6) is -0.323. The molecule has 0 unspecified atom stereocenters. The van der Waals surface area contributed by atoms with Gasteiger partial charge in [-0.2, -0.15) is 9.36 Å². The summed E-state index contributed by atoms with van der Waals surface area (Å²) in [4.78, 5) is 23.8. The molecule has 1 saturated carbocycles. The summed E-state index contributed by atoms with van der Waals surface area (Å²) in [5.41, 5.74) is 0.462. The zero-order valence-corrected chi connectivity index (χ0v) is 15.0. The Labute approximate surface area is 149 Å². The van der Waals surface area contributed by atoms with Crippen LogP contribution >= 0.6 is 23.2 Å². The van der Waals surface area contributed by atoms with Crippen molar-refractivity contribution in [3.05, 3.63) is 44.3 Å². The Morgan fingerprint density at radius 3 is 2.58 bits per heavy atom. The third-order valence-corrected chi connectivity index (χ3v) is 4.06. The van der Waals surface area contributed by atoms with E-state index < -0.39 is 0 Å². The van der Waals surface area contributed by atoms with Crippen LogP contribution in [0.2, 0.25) is 10.0 Å². The van der Waals surface area contributed by atoms with E-state index in [9.17, 15) is 9.59 Å². The first kappa shape index (κ1) is 18.5. The number of tetrazole rings is 1. The van der Waals surface area contributed by atoms with Crippen molar-refractivity contribution in [1.82, 2.24) is 25.1 Å². The van der Waals surface area contributed by atoms with Gasteiger partial charge in [-0.05, 0) is 41.0 Å². The van der Waals surface area contributed by atoms with Crippen molar-refractivity contribution in [2.75, 3.05) is 0 Å². The van der Waals surface area contributed by atoms with Crippen LogP contribution in [0.25, 0.3) is 0 Å². The number of nitrogens with one attached hydrogen (secondary N) is 1. The molecule has 3 rings (SSSR count). The second-order valence-corrected chi connectivity index (χ2v) is 5.93. The van der Waals surface area contributed by atoms with Crippen LogP contribution < -0.4 is 11.0 Å². The second kappa shape index (κ2) is 8.30. The van der Waals surface area contributed by atoms with Crippen LogP contribution in [0.5, 0.6) is 0 Å². The van der Waals surface area contributed by atoms with Crippen molar-refractivity contribution in [3.8, 4) is 0 Å². The van der Waals surface area contributed by atoms with Crippen molar-refractivity contribution in [2.24, 2.45) is 0 Å². The van der Waals surface area contributed by atoms with Crippen molar-refractivity contribution < 1.29 is 4.79 Å². The topological polar surface area (TPSA) is 81.8 Å². The van der Waals surface area contributed by atoms with Gasteiger partial charge in [-0.3, -0.25) is 4.79 Å². The van der Waals surface area contributed by atoms with Crippen LogP contribution in [-0.2, 0) is 17.9 Å². The van der Waals surface area contributed by atoms with E-state index in [0.29, 0.717) is 16.6 Å². The Morgan fingerprint density at radius 2 is 1.96 bits per heavy atom. The molecule has 1 N–H and O–H groups in total. The summed E-state index contributed by atoms with van der Waals surface area (Å²) in [6.07, 6.45) is 1.87. The lowest BCUT2D eigenvalue weighted by molar-refractivity contribution is -0.122. The highest BCUT2D eigenvalue weighted by atomic mass is 35.5. The van der Waals surface area contributed by atoms with Crippen LogP contribution in [0.3, 0.4) is 0 Å². The number of hydrogen-bond acceptors (Lipinski definition) is 4. The largest absolute Gasteiger partial charge is 0.364 e. The van der Waals surface area contributed by atoms with E-state index in [-0.39, 0.29) is 24.2 Å². The molecule has 1 aromatic heterocycles. The summed E-state index contributed by atoms with van der Waals surface area (Å²) < 4.78 is 2.38. The molecule has 0 aliphatic heterocycles. The lowest BCUT2D eigenvalue weighted by atomic mass is 10.2. The minimum Gasteiger partial charge on any atom is -0.350 e. The fourth-order valence-corrected chi connectivity index (χ4v) is 2.30. The molecule has 1 aliphatic rings. The molecule has 1 fully saturated rings. The van der Waals surface area contributed by atoms with Crippen molar-refractivity contribution >= 4 is 29.1 Å². The Bertz CT molecular complexity index is 767. The van der Waals surface area contributed by atoms with E-state index in [1.807, 2.05) is 13.8 Å². The smallest absolute Gasteiger partial charge is 0.350 e. The highest BCUT2D eigenvalue weighted by Crippen LogP contribution is 2.32. The average Bonchev–Trinajstić information content (AvgIpc) is 3.36. The van der Waals surface area contributed by atoms with Gasteiger partial charge >= 0.3 is 5.69 Å². The van der Waals surface area contributed by atoms with Gasteiger partial charge < -0.3 is 5.32 Å². The van der Waals surface area contributed by atoms with Gasteiger partial charge in [0.25, 0.3) is 0 Å². The lowest BCUT2D eigenvalue weighted by Crippen LogP contribution is -2.33. The monoisotopic (exact) mass is 371 g/mol. The highest BCUT2D eigenvalue weighted by Gasteiger charge is 2.28. The summed E-state index contributed by atoms with van der Waals surface area (Å²) in [7, 11) is 0. The molecule has 1 amide bonds. The number of carbonyl (C=O) groups is 1. The van der Waals surface area contributed by atoms with Crippen LogP contribution in [0.1, 0.15) is 38.3 Å². The molecule has 0 radical (unpaired) electrons. The third-order valence-electron chi connectivity index (χ3n) is 3.32. The third kappa shape index (κ3) is 4.58. The molecule has 0 spiro atoms. The van der Waals surface area contributed by atoms with Crippen LogP contribution in [0.4, 0.5) is 0 Å². The van der Waals surface area contributed by atoms with Gasteiger partial charge in [0.2, 0.25) is 5.91 Å². The number of carbonyl (C=O) groups excluding carboxylic acids is 1. The van der Waals surface area contributed by atoms with Crippen molar-refractivity contribution in [3.63, 3.8) is 0 Å². The fourth-order valence-electron chi connectivity index (χ4n) is 1.98. The minimum absolute atomic E-state index is 0.139. The summed E-state index contributed by atoms with van der Waals surface area (Å²) in [6.45, 7) is 4.13. The number of amides is 1. The molecule has 0 saturated heterocycles. The van der Waals surface area contributed by atoms with Gasteiger partial charge in [-0.25, -0.2) is 4.79 Å². The molecule has 0 atom stereocenters.